The first-order valence-electron chi connectivity index (χ1n) is 17.2. The molecule has 0 unspecified atom stereocenters. The molecular weight excluding hydrogens is 1080 g/mol. The van der Waals surface area contributed by atoms with Gasteiger partial charge in [-0.15, -0.1) is 23.5 Å². The summed E-state index contributed by atoms with van der Waals surface area (Å²) in [6, 6.07) is 17.7. The van der Waals surface area contributed by atoms with Crippen molar-refractivity contribution in [2.75, 3.05) is 75.8 Å². The standard InChI is InChI=1S/C36H46N6O4S2.3HI.V/c1-5-47-36(48-6-2)31-8-7-15-42(31)35(43)27-21-32(44-4)33(22-28(27)37)46-23-45-26-12-9-24(10-13-26)34-38-29-14-11-25(20-30(29)39-34)41-18-16-40(3)17-19-41;;;;/h9-14,20-22,31,36H,5-8,15-19,23,37H2,1-4H3,(H,38,39);3*1H;/q;;;;+3/p-3/t31-;;;;/m0..../s1. The van der Waals surface area contributed by atoms with Crippen LogP contribution in [0.4, 0.5) is 11.4 Å². The van der Waals surface area contributed by atoms with Gasteiger partial charge in [-0.25, -0.2) is 4.98 Å². The quantitative estimate of drug-likeness (QED) is 0.0765. The number of ether oxygens (including phenoxy) is 3. The van der Waals surface area contributed by atoms with E-state index in [0.717, 1.165) is 79.5 Å². The summed E-state index contributed by atoms with van der Waals surface area (Å²) >= 11 is 11.2. The Labute approximate surface area is 353 Å². The summed E-state index contributed by atoms with van der Waals surface area (Å²) in [7, 11) is 3.72. The third kappa shape index (κ3) is 11.3. The summed E-state index contributed by atoms with van der Waals surface area (Å²) in [6.07, 6.45) is 2.00. The Morgan fingerprint density at radius 3 is 2.33 bits per heavy atom. The van der Waals surface area contributed by atoms with Crippen molar-refractivity contribution in [2.24, 2.45) is 0 Å². The first-order valence-corrected chi connectivity index (χ1v) is 32.8. The van der Waals surface area contributed by atoms with Crippen molar-refractivity contribution >= 4 is 112 Å². The third-order valence-electron chi connectivity index (χ3n) is 9.00. The Morgan fingerprint density at radius 2 is 1.67 bits per heavy atom. The van der Waals surface area contributed by atoms with Crippen molar-refractivity contribution in [1.82, 2.24) is 19.8 Å². The Kier molecular flexibility index (Phi) is 16.9. The first kappa shape index (κ1) is 42.2. The summed E-state index contributed by atoms with van der Waals surface area (Å²) in [4.78, 5) is 28.5. The number of nitrogens with zero attached hydrogens (tertiary/aromatic N) is 4. The van der Waals surface area contributed by atoms with Crippen molar-refractivity contribution in [2.45, 2.75) is 37.3 Å². The molecule has 16 heteroatoms. The van der Waals surface area contributed by atoms with Gasteiger partial charge < -0.3 is 39.6 Å². The topological polar surface area (TPSA) is 109 Å². The molecule has 0 radical (unpaired) electrons. The molecule has 3 aromatic carbocycles. The maximum absolute atomic E-state index is 13.7. The van der Waals surface area contributed by atoms with Crippen molar-refractivity contribution < 1.29 is 23.9 Å². The molecule has 1 amide bonds. The molecule has 2 fully saturated rings. The van der Waals surface area contributed by atoms with Gasteiger partial charge in [0.05, 0.1) is 34.3 Å². The molecule has 282 valence electrons. The molecule has 3 heterocycles. The van der Waals surface area contributed by atoms with Crippen LogP contribution >= 0.6 is 83.5 Å². The fraction of sp³-hybridized carbons (Fsp3) is 0.444. The van der Waals surface area contributed by atoms with Crippen molar-refractivity contribution in [3.8, 4) is 28.6 Å². The molecule has 6 rings (SSSR count). The molecule has 0 saturated carbocycles. The zero-order valence-corrected chi connectivity index (χ0v) is 39.3. The number of hydrogen-bond acceptors (Lipinski definition) is 10. The van der Waals surface area contributed by atoms with Gasteiger partial charge in [-0.3, -0.25) is 4.79 Å². The number of nitrogen functional groups attached to an aromatic ring is 1. The molecule has 3 N–H and O–H groups in total. The fourth-order valence-electron chi connectivity index (χ4n) is 6.38. The van der Waals surface area contributed by atoms with E-state index in [1.54, 1.807) is 19.2 Å². The number of anilines is 2. The molecule has 1 aromatic heterocycles. The van der Waals surface area contributed by atoms with Crippen LogP contribution in [-0.2, 0) is 4.92 Å². The number of aromatic amines is 1. The van der Waals surface area contributed by atoms with Crippen LogP contribution in [0.2, 0.25) is 0 Å². The number of nitrogens with one attached hydrogen (secondary N) is 1. The van der Waals surface area contributed by atoms with E-state index in [1.807, 2.05) is 52.7 Å². The van der Waals surface area contributed by atoms with Crippen LogP contribution in [-0.4, -0.2) is 101 Å². The van der Waals surface area contributed by atoms with Crippen LogP contribution in [0.3, 0.4) is 0 Å². The third-order valence-corrected chi connectivity index (χ3v) is 11.8. The number of carbonyl (C=O) groups excluding carboxylic acids is 1. The number of benzene rings is 3. The first-order chi connectivity index (χ1) is 25.1. The minimum absolute atomic E-state index is 0.0551. The number of likely N-dealkylation sites (N-methyl/N-ethyl adjacent to an activating group) is 1. The summed E-state index contributed by atoms with van der Waals surface area (Å²) in [5.74, 6) is 4.28. The fourth-order valence-corrected chi connectivity index (χ4v) is 9.25. The molecule has 2 aliphatic rings. The Hall–Kier alpha value is -0.966. The SMILES string of the molecule is CCSC(SCC)[C@@H]1CCCN1C(=O)c1cc(OC)c(OCOc2ccc(-c3nc4ccc(N5CCN(C)CC5)cc4[nH]3)cc2)cc1N.[I][V]([I])[I]. The van der Waals surface area contributed by atoms with E-state index in [1.165, 1.54) is 5.69 Å². The number of nitrogens with two attached hydrogens (primary N) is 1. The average molecular weight is 1120 g/mol. The van der Waals surface area contributed by atoms with Gasteiger partial charge in [0.25, 0.3) is 5.91 Å². The van der Waals surface area contributed by atoms with Gasteiger partial charge in [-0.1, -0.05) is 13.8 Å². The number of carbonyl (C=O) groups is 1. The van der Waals surface area contributed by atoms with Crippen LogP contribution in [0.15, 0.2) is 54.6 Å². The number of imidazole rings is 1. The van der Waals surface area contributed by atoms with Gasteiger partial charge in [0, 0.05) is 55.7 Å². The molecular formula is C36H46I3N6O4S2V. The van der Waals surface area contributed by atoms with Crippen LogP contribution < -0.4 is 24.8 Å². The van der Waals surface area contributed by atoms with Gasteiger partial charge in [-0.05, 0) is 79.9 Å². The molecule has 10 nitrogen and oxygen atoms in total. The number of likely N-dealkylation sites (tertiary alicyclic amines) is 1. The van der Waals surface area contributed by atoms with Crippen LogP contribution in [0.1, 0.15) is 37.0 Å². The number of thioether (sulfide) groups is 2. The summed E-state index contributed by atoms with van der Waals surface area (Å²) in [6.45, 7) is 9.19. The van der Waals surface area contributed by atoms with Crippen molar-refractivity contribution in [3.63, 3.8) is 0 Å². The van der Waals surface area contributed by atoms with Crippen molar-refractivity contribution in [1.29, 1.82) is 0 Å². The molecule has 0 spiro atoms. The minimum atomic E-state index is -0.278. The molecule has 0 bridgehead atoms. The zero-order chi connectivity index (χ0) is 37.2. The number of rotatable bonds is 13. The Morgan fingerprint density at radius 1 is 0.981 bits per heavy atom. The van der Waals surface area contributed by atoms with E-state index in [9.17, 15) is 4.79 Å². The summed E-state index contributed by atoms with van der Waals surface area (Å²) in [5.41, 5.74) is 11.4. The molecule has 2 aliphatic heterocycles. The number of aromatic nitrogens is 2. The number of fused-ring (bicyclic) bond motifs is 1. The van der Waals surface area contributed by atoms with Gasteiger partial charge in [0.15, 0.2) is 11.5 Å². The molecule has 1 atom stereocenters. The monoisotopic (exact) mass is 1120 g/mol. The molecule has 2 saturated heterocycles. The van der Waals surface area contributed by atoms with Crippen LogP contribution in [0, 0.1) is 0 Å². The van der Waals surface area contributed by atoms with Gasteiger partial charge in [0.1, 0.15) is 11.6 Å². The van der Waals surface area contributed by atoms with Crippen LogP contribution in [0.5, 0.6) is 17.2 Å². The van der Waals surface area contributed by atoms with E-state index < -0.39 is 0 Å². The predicted octanol–water partition coefficient (Wildman–Crippen LogP) is 9.08. The van der Waals surface area contributed by atoms with E-state index in [4.69, 9.17) is 24.9 Å². The normalized spacial score (nSPS) is 16.4. The second-order valence-corrected chi connectivity index (χ2v) is 50.8. The van der Waals surface area contributed by atoms with Crippen molar-refractivity contribution in [3.05, 3.63) is 60.2 Å². The second kappa shape index (κ2) is 20.8. The van der Waals surface area contributed by atoms with Gasteiger partial charge in [-0.2, -0.15) is 0 Å². The Bertz CT molecular complexity index is 1760. The molecule has 52 heavy (non-hydrogen) atoms. The van der Waals surface area contributed by atoms with E-state index in [2.05, 4.69) is 114 Å². The maximum atomic E-state index is 13.7. The van der Waals surface area contributed by atoms with E-state index in [0.29, 0.717) is 33.1 Å². The number of hydrogen-bond donors (Lipinski definition) is 2. The molecule has 0 aliphatic carbocycles. The molecule has 4 aromatic rings. The summed E-state index contributed by atoms with van der Waals surface area (Å²) in [5, 5.41) is 0. The van der Waals surface area contributed by atoms with E-state index in [-0.39, 0.29) is 23.7 Å². The number of H-pyrrole nitrogens is 1. The summed E-state index contributed by atoms with van der Waals surface area (Å²) < 4.78 is 17.8. The van der Waals surface area contributed by atoms with Gasteiger partial charge >= 0.3 is 64.9 Å². The number of methoxy groups -OCH3 is 1. The Balaban J connectivity index is 0.00000124. The van der Waals surface area contributed by atoms with Crippen LogP contribution in [0.25, 0.3) is 22.4 Å². The predicted molar refractivity (Wildman–Crippen MR) is 241 cm³/mol. The van der Waals surface area contributed by atoms with Gasteiger partial charge in [0.2, 0.25) is 6.79 Å². The average Bonchev–Trinajstić information content (AvgIpc) is 3.80. The number of amides is 1. The number of piperazine rings is 1. The zero-order valence-electron chi connectivity index (χ0n) is 29.8. The number of halogens is 3. The second-order valence-electron chi connectivity index (χ2n) is 12.3. The van der Waals surface area contributed by atoms with E-state index >= 15 is 0 Å².